The van der Waals surface area contributed by atoms with Gasteiger partial charge in [-0.15, -0.1) is 0 Å². The normalized spacial score (nSPS) is 9.81. The molecule has 0 bridgehead atoms. The Morgan fingerprint density at radius 1 is 1.10 bits per heavy atom. The number of nitrogens with zero attached hydrogens (tertiary/aromatic N) is 1. The van der Waals surface area contributed by atoms with E-state index < -0.39 is 5.97 Å². The van der Waals surface area contributed by atoms with Crippen molar-refractivity contribution in [1.29, 1.82) is 0 Å². The predicted molar refractivity (Wildman–Crippen MR) is 85.5 cm³/mol. The van der Waals surface area contributed by atoms with Crippen LogP contribution in [-0.2, 0) is 4.79 Å². The molecule has 0 saturated carbocycles. The maximum Gasteiger partial charge on any atom is 0.300 e. The predicted octanol–water partition coefficient (Wildman–Crippen LogP) is 4.65. The molecule has 3 nitrogen and oxygen atoms in total. The average Bonchev–Trinajstić information content (AvgIpc) is 2.47. The van der Waals surface area contributed by atoms with E-state index in [9.17, 15) is 0 Å². The summed E-state index contributed by atoms with van der Waals surface area (Å²) in [6.45, 7) is 1.08. The molecule has 0 aliphatic heterocycles. The lowest BCUT2D eigenvalue weighted by Gasteiger charge is -2.06. The summed E-state index contributed by atoms with van der Waals surface area (Å²) >= 11 is 6.05. The van der Waals surface area contributed by atoms with E-state index in [0.29, 0.717) is 0 Å². The Morgan fingerprint density at radius 3 is 2.43 bits per heavy atom. The van der Waals surface area contributed by atoms with Gasteiger partial charge in [-0.25, -0.2) is 0 Å². The quantitative estimate of drug-likeness (QED) is 0.712. The van der Waals surface area contributed by atoms with Crippen molar-refractivity contribution >= 4 is 28.5 Å². The molecule has 2 aromatic carbocycles. The first-order valence-electron chi connectivity index (χ1n) is 6.37. The Balaban J connectivity index is 0.000000361. The van der Waals surface area contributed by atoms with E-state index in [1.54, 1.807) is 0 Å². The van der Waals surface area contributed by atoms with Crippen LogP contribution in [0.25, 0.3) is 22.0 Å². The van der Waals surface area contributed by atoms with Crippen LogP contribution in [0.15, 0.2) is 60.8 Å². The molecule has 1 aromatic heterocycles. The number of carboxylic acids is 1. The SMILES string of the molecule is CC(=O)O.Clc1ccc2nccc(-c3ccccc3)c2c1. The van der Waals surface area contributed by atoms with E-state index in [4.69, 9.17) is 21.5 Å². The van der Waals surface area contributed by atoms with Crippen LogP contribution in [0.4, 0.5) is 0 Å². The third-order valence-electron chi connectivity index (χ3n) is 2.79. The highest BCUT2D eigenvalue weighted by atomic mass is 35.5. The van der Waals surface area contributed by atoms with Crippen LogP contribution < -0.4 is 0 Å². The van der Waals surface area contributed by atoms with Crippen LogP contribution in [0, 0.1) is 0 Å². The summed E-state index contributed by atoms with van der Waals surface area (Å²) in [7, 11) is 0. The lowest BCUT2D eigenvalue weighted by Crippen LogP contribution is -1.83. The number of aromatic nitrogens is 1. The summed E-state index contributed by atoms with van der Waals surface area (Å²) in [4.78, 5) is 13.3. The van der Waals surface area contributed by atoms with E-state index >= 15 is 0 Å². The highest BCUT2D eigenvalue weighted by Crippen LogP contribution is 2.28. The number of fused-ring (bicyclic) bond motifs is 1. The molecule has 0 fully saturated rings. The largest absolute Gasteiger partial charge is 0.481 e. The number of hydrogen-bond acceptors (Lipinski definition) is 2. The Kier molecular flexibility index (Phi) is 4.90. The van der Waals surface area contributed by atoms with Crippen molar-refractivity contribution in [3.63, 3.8) is 0 Å². The summed E-state index contributed by atoms with van der Waals surface area (Å²) in [5.74, 6) is -0.833. The van der Waals surface area contributed by atoms with Crippen LogP contribution in [-0.4, -0.2) is 16.1 Å². The maximum atomic E-state index is 9.00. The molecule has 21 heavy (non-hydrogen) atoms. The molecule has 1 heterocycles. The molecule has 0 aliphatic carbocycles. The molecular weight excluding hydrogens is 286 g/mol. The molecule has 0 spiro atoms. The second-order valence-corrected chi connectivity index (χ2v) is 4.84. The monoisotopic (exact) mass is 299 g/mol. The Bertz CT molecular complexity index is 753. The second-order valence-electron chi connectivity index (χ2n) is 4.41. The summed E-state index contributed by atoms with van der Waals surface area (Å²) < 4.78 is 0. The second kappa shape index (κ2) is 6.86. The van der Waals surface area contributed by atoms with Gasteiger partial charge in [-0.3, -0.25) is 9.78 Å². The molecular formula is C17H14ClNO2. The zero-order valence-electron chi connectivity index (χ0n) is 11.5. The van der Waals surface area contributed by atoms with Crippen molar-refractivity contribution < 1.29 is 9.90 Å². The van der Waals surface area contributed by atoms with E-state index in [-0.39, 0.29) is 0 Å². The zero-order chi connectivity index (χ0) is 15.2. The van der Waals surface area contributed by atoms with Crippen molar-refractivity contribution in [3.05, 3.63) is 65.8 Å². The number of hydrogen-bond donors (Lipinski definition) is 1. The molecule has 1 N–H and O–H groups in total. The number of rotatable bonds is 1. The molecule has 0 atom stereocenters. The van der Waals surface area contributed by atoms with Gasteiger partial charge in [-0.1, -0.05) is 41.9 Å². The van der Waals surface area contributed by atoms with Crippen molar-refractivity contribution in [2.24, 2.45) is 0 Å². The molecule has 0 unspecified atom stereocenters. The van der Waals surface area contributed by atoms with Gasteiger partial charge < -0.3 is 5.11 Å². The molecule has 0 amide bonds. The minimum atomic E-state index is -0.833. The highest BCUT2D eigenvalue weighted by Gasteiger charge is 2.04. The van der Waals surface area contributed by atoms with E-state index in [2.05, 4.69) is 17.1 Å². The number of carboxylic acid groups (broad SMARTS) is 1. The molecule has 3 aromatic rings. The first kappa shape index (κ1) is 15.0. The van der Waals surface area contributed by atoms with E-state index in [0.717, 1.165) is 28.4 Å². The van der Waals surface area contributed by atoms with E-state index in [1.807, 2.05) is 48.7 Å². The van der Waals surface area contributed by atoms with Gasteiger partial charge >= 0.3 is 0 Å². The molecule has 0 saturated heterocycles. The molecule has 0 aliphatic rings. The van der Waals surface area contributed by atoms with Crippen LogP contribution in [0.2, 0.25) is 5.02 Å². The maximum absolute atomic E-state index is 9.00. The molecule has 3 rings (SSSR count). The van der Waals surface area contributed by atoms with E-state index in [1.165, 1.54) is 5.56 Å². The first-order chi connectivity index (χ1) is 10.1. The lowest BCUT2D eigenvalue weighted by molar-refractivity contribution is -0.134. The number of halogens is 1. The minimum absolute atomic E-state index is 0.739. The van der Waals surface area contributed by atoms with Gasteiger partial charge in [0, 0.05) is 23.5 Å². The number of carbonyl (C=O) groups is 1. The van der Waals surface area contributed by atoms with Crippen molar-refractivity contribution in [2.75, 3.05) is 0 Å². The van der Waals surface area contributed by atoms with Crippen LogP contribution in [0.3, 0.4) is 0 Å². The number of aliphatic carboxylic acids is 1. The standard InChI is InChI=1S/C15H10ClN.C2H4O2/c16-12-6-7-15-14(10-12)13(8-9-17-15)11-4-2-1-3-5-11;1-2(3)4/h1-10H;1H3,(H,3,4). The van der Waals surface area contributed by atoms with Gasteiger partial charge in [-0.05, 0) is 35.4 Å². The Labute approximate surface area is 127 Å². The van der Waals surface area contributed by atoms with Crippen molar-refractivity contribution in [3.8, 4) is 11.1 Å². The molecule has 4 heteroatoms. The number of pyridine rings is 1. The topological polar surface area (TPSA) is 50.2 Å². The zero-order valence-corrected chi connectivity index (χ0v) is 12.2. The van der Waals surface area contributed by atoms with Gasteiger partial charge in [0.25, 0.3) is 5.97 Å². The number of benzene rings is 2. The Morgan fingerprint density at radius 2 is 1.76 bits per heavy atom. The van der Waals surface area contributed by atoms with Crippen molar-refractivity contribution in [1.82, 2.24) is 4.98 Å². The Hall–Kier alpha value is -2.39. The molecule has 0 radical (unpaired) electrons. The first-order valence-corrected chi connectivity index (χ1v) is 6.75. The fraction of sp³-hybridized carbons (Fsp3) is 0.0588. The summed E-state index contributed by atoms with van der Waals surface area (Å²) in [5, 5.41) is 9.24. The van der Waals surface area contributed by atoms with Crippen LogP contribution in [0.1, 0.15) is 6.92 Å². The highest BCUT2D eigenvalue weighted by molar-refractivity contribution is 6.31. The van der Waals surface area contributed by atoms with Crippen molar-refractivity contribution in [2.45, 2.75) is 6.92 Å². The third-order valence-corrected chi connectivity index (χ3v) is 3.02. The average molecular weight is 300 g/mol. The summed E-state index contributed by atoms with van der Waals surface area (Å²) in [6, 6.07) is 18.1. The minimum Gasteiger partial charge on any atom is -0.481 e. The fourth-order valence-electron chi connectivity index (χ4n) is 1.99. The third kappa shape index (κ3) is 4.04. The van der Waals surface area contributed by atoms with Gasteiger partial charge in [0.2, 0.25) is 0 Å². The van der Waals surface area contributed by atoms with Gasteiger partial charge in [-0.2, -0.15) is 0 Å². The van der Waals surface area contributed by atoms with Gasteiger partial charge in [0.05, 0.1) is 5.52 Å². The fourth-order valence-corrected chi connectivity index (χ4v) is 2.16. The molecule has 106 valence electrons. The van der Waals surface area contributed by atoms with Gasteiger partial charge in [0.15, 0.2) is 0 Å². The smallest absolute Gasteiger partial charge is 0.300 e. The van der Waals surface area contributed by atoms with Crippen LogP contribution >= 0.6 is 11.6 Å². The van der Waals surface area contributed by atoms with Gasteiger partial charge in [0.1, 0.15) is 0 Å². The lowest BCUT2D eigenvalue weighted by atomic mass is 10.0. The summed E-state index contributed by atoms with van der Waals surface area (Å²) in [5.41, 5.74) is 3.32. The summed E-state index contributed by atoms with van der Waals surface area (Å²) in [6.07, 6.45) is 1.83. The van der Waals surface area contributed by atoms with Crippen LogP contribution in [0.5, 0.6) is 0 Å².